The van der Waals surface area contributed by atoms with Crippen molar-refractivity contribution in [3.05, 3.63) is 65.2 Å². The van der Waals surface area contributed by atoms with Gasteiger partial charge in [-0.15, -0.1) is 0 Å². The molecule has 2 amide bonds. The predicted molar refractivity (Wildman–Crippen MR) is 81.2 cm³/mol. The van der Waals surface area contributed by atoms with Crippen molar-refractivity contribution in [3.8, 4) is 0 Å². The van der Waals surface area contributed by atoms with Crippen molar-refractivity contribution < 1.29 is 18.4 Å². The molecule has 0 spiro atoms. The molecule has 0 bridgehead atoms. The van der Waals surface area contributed by atoms with E-state index in [2.05, 4.69) is 10.6 Å². The maximum atomic E-state index is 13.2. The van der Waals surface area contributed by atoms with E-state index in [0.717, 1.165) is 25.0 Å². The Labute approximate surface area is 131 Å². The topological polar surface area (TPSA) is 58.2 Å². The monoisotopic (exact) mass is 316 g/mol. The Kier molecular flexibility index (Phi) is 4.06. The van der Waals surface area contributed by atoms with Gasteiger partial charge < -0.3 is 10.6 Å². The van der Waals surface area contributed by atoms with Gasteiger partial charge in [0, 0.05) is 11.6 Å². The molecule has 2 aromatic carbocycles. The van der Waals surface area contributed by atoms with Gasteiger partial charge >= 0.3 is 0 Å². The number of amides is 2. The van der Waals surface area contributed by atoms with Gasteiger partial charge in [0.05, 0.1) is 11.3 Å². The molecule has 0 aromatic heterocycles. The molecule has 2 N–H and O–H groups in total. The van der Waals surface area contributed by atoms with Crippen molar-refractivity contribution in [1.29, 1.82) is 0 Å². The Balaban J connectivity index is 1.80. The van der Waals surface area contributed by atoms with Gasteiger partial charge in [-0.05, 0) is 43.2 Å². The summed E-state index contributed by atoms with van der Waals surface area (Å²) in [7, 11) is 0. The molecule has 0 saturated heterocycles. The van der Waals surface area contributed by atoms with Crippen LogP contribution in [-0.4, -0.2) is 17.9 Å². The fraction of sp³-hybridized carbons (Fsp3) is 0.176. The third-order valence-corrected chi connectivity index (χ3v) is 3.51. The second kappa shape index (κ2) is 6.16. The summed E-state index contributed by atoms with van der Waals surface area (Å²) in [4.78, 5) is 24.3. The molecule has 23 heavy (non-hydrogen) atoms. The van der Waals surface area contributed by atoms with Crippen LogP contribution in [0.4, 0.5) is 14.5 Å². The number of benzene rings is 2. The van der Waals surface area contributed by atoms with Gasteiger partial charge in [0.1, 0.15) is 0 Å². The predicted octanol–water partition coefficient (Wildman–Crippen LogP) is 3.11. The Hall–Kier alpha value is -2.76. The largest absolute Gasteiger partial charge is 0.349 e. The van der Waals surface area contributed by atoms with Crippen LogP contribution in [0, 0.1) is 11.6 Å². The fourth-order valence-corrected chi connectivity index (χ4v) is 2.11. The normalized spacial score (nSPS) is 13.5. The second-order valence-corrected chi connectivity index (χ2v) is 5.38. The van der Waals surface area contributed by atoms with Gasteiger partial charge in [-0.1, -0.05) is 12.1 Å². The Morgan fingerprint density at radius 2 is 1.70 bits per heavy atom. The number of halogens is 2. The highest BCUT2D eigenvalue weighted by Crippen LogP contribution is 2.22. The highest BCUT2D eigenvalue weighted by Gasteiger charge is 2.25. The molecule has 3 rings (SSSR count). The summed E-state index contributed by atoms with van der Waals surface area (Å²) in [5, 5.41) is 5.40. The first kappa shape index (κ1) is 15.1. The third kappa shape index (κ3) is 3.53. The minimum absolute atomic E-state index is 0.0266. The van der Waals surface area contributed by atoms with Crippen LogP contribution in [-0.2, 0) is 0 Å². The van der Waals surface area contributed by atoms with E-state index in [1.165, 1.54) is 6.07 Å². The Morgan fingerprint density at radius 1 is 0.957 bits per heavy atom. The first-order valence-electron chi connectivity index (χ1n) is 7.21. The first-order chi connectivity index (χ1) is 11.0. The minimum Gasteiger partial charge on any atom is -0.349 e. The van der Waals surface area contributed by atoms with Crippen LogP contribution < -0.4 is 10.6 Å². The van der Waals surface area contributed by atoms with E-state index in [4.69, 9.17) is 0 Å². The van der Waals surface area contributed by atoms with Gasteiger partial charge in [0.2, 0.25) is 0 Å². The van der Waals surface area contributed by atoms with E-state index in [1.54, 1.807) is 24.3 Å². The molecule has 0 aliphatic heterocycles. The van der Waals surface area contributed by atoms with Gasteiger partial charge in [-0.25, -0.2) is 8.78 Å². The van der Waals surface area contributed by atoms with Crippen molar-refractivity contribution in [2.75, 3.05) is 5.32 Å². The van der Waals surface area contributed by atoms with Gasteiger partial charge in [-0.2, -0.15) is 0 Å². The Morgan fingerprint density at radius 3 is 2.39 bits per heavy atom. The quantitative estimate of drug-likeness (QED) is 0.910. The molecule has 6 heteroatoms. The zero-order valence-corrected chi connectivity index (χ0v) is 12.1. The molecule has 0 heterocycles. The molecule has 118 valence electrons. The van der Waals surface area contributed by atoms with E-state index in [-0.39, 0.29) is 17.5 Å². The smallest absolute Gasteiger partial charge is 0.255 e. The van der Waals surface area contributed by atoms with Crippen molar-refractivity contribution in [1.82, 2.24) is 5.32 Å². The first-order valence-corrected chi connectivity index (χ1v) is 7.21. The lowest BCUT2D eigenvalue weighted by Crippen LogP contribution is -2.27. The van der Waals surface area contributed by atoms with Crippen LogP contribution in [0.15, 0.2) is 42.5 Å². The summed E-state index contributed by atoms with van der Waals surface area (Å²) in [6, 6.07) is 9.62. The number of anilines is 1. The summed E-state index contributed by atoms with van der Waals surface area (Å²) >= 11 is 0. The van der Waals surface area contributed by atoms with Crippen molar-refractivity contribution in [2.24, 2.45) is 0 Å². The average Bonchev–Trinajstić information content (AvgIpc) is 3.34. The second-order valence-electron chi connectivity index (χ2n) is 5.38. The lowest BCUT2D eigenvalue weighted by molar-refractivity contribution is 0.0952. The molecule has 1 fully saturated rings. The van der Waals surface area contributed by atoms with Crippen molar-refractivity contribution in [2.45, 2.75) is 18.9 Å². The van der Waals surface area contributed by atoms with Crippen LogP contribution in [0.25, 0.3) is 0 Å². The number of nitrogens with one attached hydrogen (secondary N) is 2. The van der Waals surface area contributed by atoms with E-state index in [9.17, 15) is 18.4 Å². The summed E-state index contributed by atoms with van der Waals surface area (Å²) in [5.74, 6) is -3.01. The lowest BCUT2D eigenvalue weighted by atomic mass is 10.1. The standard InChI is InChI=1S/C17H14F2N2O2/c18-13-8-5-10(9-14(13)19)16(22)21-15-4-2-1-3-12(15)17(23)20-11-6-7-11/h1-5,8-9,11H,6-7H2,(H,20,23)(H,21,22). The van der Waals surface area contributed by atoms with Crippen LogP contribution in [0.1, 0.15) is 33.6 Å². The van der Waals surface area contributed by atoms with E-state index < -0.39 is 17.5 Å². The summed E-state index contributed by atoms with van der Waals surface area (Å²) in [6.45, 7) is 0. The maximum Gasteiger partial charge on any atom is 0.255 e. The molecular formula is C17H14F2N2O2. The van der Waals surface area contributed by atoms with Crippen LogP contribution in [0.2, 0.25) is 0 Å². The molecule has 1 saturated carbocycles. The highest BCUT2D eigenvalue weighted by molar-refractivity contribution is 6.09. The minimum atomic E-state index is -1.10. The summed E-state index contributed by atoms with van der Waals surface area (Å²) < 4.78 is 26.1. The van der Waals surface area contributed by atoms with E-state index >= 15 is 0 Å². The van der Waals surface area contributed by atoms with Gasteiger partial charge in [0.25, 0.3) is 11.8 Å². The fourth-order valence-electron chi connectivity index (χ4n) is 2.11. The summed E-state index contributed by atoms with van der Waals surface area (Å²) in [6.07, 6.45) is 1.91. The number of rotatable bonds is 4. The maximum absolute atomic E-state index is 13.2. The molecule has 4 nitrogen and oxygen atoms in total. The lowest BCUT2D eigenvalue weighted by Gasteiger charge is -2.11. The van der Waals surface area contributed by atoms with Gasteiger partial charge in [0.15, 0.2) is 11.6 Å². The third-order valence-electron chi connectivity index (χ3n) is 3.51. The SMILES string of the molecule is O=C(Nc1ccccc1C(=O)NC1CC1)c1ccc(F)c(F)c1. The molecule has 0 unspecified atom stereocenters. The highest BCUT2D eigenvalue weighted by atomic mass is 19.2. The average molecular weight is 316 g/mol. The molecular weight excluding hydrogens is 302 g/mol. The van der Waals surface area contributed by atoms with E-state index in [0.29, 0.717) is 11.3 Å². The molecule has 0 atom stereocenters. The van der Waals surface area contributed by atoms with Crippen LogP contribution in [0.5, 0.6) is 0 Å². The zero-order valence-electron chi connectivity index (χ0n) is 12.1. The number of hydrogen-bond donors (Lipinski definition) is 2. The zero-order chi connectivity index (χ0) is 16.4. The van der Waals surface area contributed by atoms with Crippen LogP contribution >= 0.6 is 0 Å². The number of para-hydroxylation sites is 1. The molecule has 1 aliphatic rings. The summed E-state index contributed by atoms with van der Waals surface area (Å²) in [5.41, 5.74) is 0.622. The Bertz CT molecular complexity index is 773. The van der Waals surface area contributed by atoms with E-state index in [1.807, 2.05) is 0 Å². The van der Waals surface area contributed by atoms with Gasteiger partial charge in [-0.3, -0.25) is 9.59 Å². The van der Waals surface area contributed by atoms with Crippen molar-refractivity contribution in [3.63, 3.8) is 0 Å². The van der Waals surface area contributed by atoms with Crippen molar-refractivity contribution >= 4 is 17.5 Å². The number of hydrogen-bond acceptors (Lipinski definition) is 2. The molecule has 1 aliphatic carbocycles. The number of carbonyl (C=O) groups excluding carboxylic acids is 2. The van der Waals surface area contributed by atoms with Crippen LogP contribution in [0.3, 0.4) is 0 Å². The molecule has 0 radical (unpaired) electrons. The molecule has 2 aromatic rings. The number of carbonyl (C=O) groups is 2.